The van der Waals surface area contributed by atoms with E-state index in [1.807, 2.05) is 0 Å². The molecule has 1 saturated heterocycles. The number of hydrogen-bond donors (Lipinski definition) is 2. The first-order valence-corrected chi connectivity index (χ1v) is 8.60. The second kappa shape index (κ2) is 6.63. The summed E-state index contributed by atoms with van der Waals surface area (Å²) < 4.78 is 3.32. The van der Waals surface area contributed by atoms with Gasteiger partial charge >= 0.3 is 6.09 Å². The van der Waals surface area contributed by atoms with Crippen molar-refractivity contribution in [3.63, 3.8) is 0 Å². The van der Waals surface area contributed by atoms with Crippen LogP contribution in [0.5, 0.6) is 0 Å². The predicted molar refractivity (Wildman–Crippen MR) is 85.1 cm³/mol. The van der Waals surface area contributed by atoms with Gasteiger partial charge in [-0.25, -0.2) is 4.79 Å². The molecular formula is C13H17Cl3N4O3. The molecule has 2 N–H and O–H groups in total. The van der Waals surface area contributed by atoms with Crippen LogP contribution in [0.2, 0.25) is 0 Å². The summed E-state index contributed by atoms with van der Waals surface area (Å²) in [5, 5.41) is 15.1. The highest BCUT2D eigenvalue weighted by molar-refractivity contribution is 6.66. The Hall–Kier alpha value is -0.760. The number of rotatable bonds is 3. The Balaban J connectivity index is 1.48. The van der Waals surface area contributed by atoms with Crippen LogP contribution in [0.1, 0.15) is 43.3 Å². The number of hydrogen-bond acceptors (Lipinski definition) is 5. The fraction of sp³-hybridized carbons (Fsp3) is 0.769. The van der Waals surface area contributed by atoms with Gasteiger partial charge in [0.2, 0.25) is 0 Å². The van der Waals surface area contributed by atoms with Crippen molar-refractivity contribution >= 4 is 40.9 Å². The highest BCUT2D eigenvalue weighted by atomic mass is 35.6. The van der Waals surface area contributed by atoms with Gasteiger partial charge in [0.25, 0.3) is 9.68 Å². The second-order valence-corrected chi connectivity index (χ2v) is 8.34. The molecule has 7 nitrogen and oxygen atoms in total. The van der Waals surface area contributed by atoms with Gasteiger partial charge in [-0.1, -0.05) is 40.0 Å². The summed E-state index contributed by atoms with van der Waals surface area (Å²) in [6.45, 7) is 1.56. The number of amides is 1. The lowest BCUT2D eigenvalue weighted by Crippen LogP contribution is -2.62. The average Bonchev–Trinajstić information content (AvgIpc) is 2.92. The van der Waals surface area contributed by atoms with Crippen LogP contribution in [0.4, 0.5) is 4.79 Å². The molecule has 1 aliphatic carbocycles. The van der Waals surface area contributed by atoms with Crippen LogP contribution in [0.3, 0.4) is 0 Å². The Kier molecular flexibility index (Phi) is 4.92. The van der Waals surface area contributed by atoms with Gasteiger partial charge in [0, 0.05) is 25.0 Å². The van der Waals surface area contributed by atoms with E-state index in [2.05, 4.69) is 20.4 Å². The number of alkyl halides is 3. The maximum absolute atomic E-state index is 10.6. The molecule has 128 valence electrons. The lowest BCUT2D eigenvalue weighted by molar-refractivity contribution is 0.0525. The van der Waals surface area contributed by atoms with E-state index in [9.17, 15) is 4.79 Å². The van der Waals surface area contributed by atoms with E-state index in [1.165, 1.54) is 0 Å². The molecule has 1 amide bonds. The minimum absolute atomic E-state index is 0.00459. The van der Waals surface area contributed by atoms with Crippen LogP contribution in [0.15, 0.2) is 4.52 Å². The quantitative estimate of drug-likeness (QED) is 0.780. The summed E-state index contributed by atoms with van der Waals surface area (Å²) in [6, 6.07) is 0.534. The zero-order chi connectivity index (χ0) is 16.6. The molecule has 23 heavy (non-hydrogen) atoms. The van der Waals surface area contributed by atoms with Gasteiger partial charge in [0.15, 0.2) is 5.82 Å². The summed E-state index contributed by atoms with van der Waals surface area (Å²) in [5.74, 6) is 0.814. The molecular weight excluding hydrogens is 367 g/mol. The normalized spacial score (nSPS) is 26.7. The predicted octanol–water partition coefficient (Wildman–Crippen LogP) is 2.87. The first-order valence-electron chi connectivity index (χ1n) is 7.47. The Bertz CT molecular complexity index is 563. The first kappa shape index (κ1) is 17.1. The lowest BCUT2D eigenvalue weighted by atomic mass is 9.83. The SMILES string of the molecule is O=C(O)NC1CN(C2CCC(c3noc(C(Cl)(Cl)Cl)n3)CC2)C1. The number of carboxylic acid groups (broad SMARTS) is 1. The maximum Gasteiger partial charge on any atom is 0.404 e. The molecule has 2 fully saturated rings. The van der Waals surface area contributed by atoms with Crippen LogP contribution in [0, 0.1) is 0 Å². The average molecular weight is 384 g/mol. The van der Waals surface area contributed by atoms with Crippen LogP contribution < -0.4 is 5.32 Å². The molecule has 0 aromatic carbocycles. The summed E-state index contributed by atoms with van der Waals surface area (Å²) >= 11 is 17.2. The molecule has 1 aromatic rings. The standard InChI is InChI=1S/C13H17Cl3N4O3/c14-13(15,16)11-18-10(19-23-11)7-1-3-9(4-2-7)20-5-8(6-20)17-12(21)22/h7-9,17H,1-6H2,(H,21,22). The third kappa shape index (κ3) is 4.02. The minimum Gasteiger partial charge on any atom is -0.465 e. The second-order valence-electron chi connectivity index (χ2n) is 6.06. The third-order valence-corrected chi connectivity index (χ3v) is 4.98. The molecule has 0 spiro atoms. The van der Waals surface area contributed by atoms with Crippen molar-refractivity contribution in [3.05, 3.63) is 11.7 Å². The Morgan fingerprint density at radius 3 is 2.43 bits per heavy atom. The van der Waals surface area contributed by atoms with Crippen LogP contribution in [-0.2, 0) is 3.79 Å². The van der Waals surface area contributed by atoms with Gasteiger partial charge in [-0.15, -0.1) is 0 Å². The van der Waals surface area contributed by atoms with Crippen LogP contribution in [-0.4, -0.2) is 51.4 Å². The monoisotopic (exact) mass is 382 g/mol. The highest BCUT2D eigenvalue weighted by Crippen LogP contribution is 2.39. The number of likely N-dealkylation sites (tertiary alicyclic amines) is 1. The zero-order valence-electron chi connectivity index (χ0n) is 12.2. The molecule has 2 aliphatic rings. The molecule has 0 bridgehead atoms. The lowest BCUT2D eigenvalue weighted by Gasteiger charge is -2.46. The molecule has 1 aromatic heterocycles. The Morgan fingerprint density at radius 2 is 1.91 bits per heavy atom. The van der Waals surface area contributed by atoms with E-state index in [1.54, 1.807) is 0 Å². The Morgan fingerprint density at radius 1 is 1.26 bits per heavy atom. The van der Waals surface area contributed by atoms with E-state index >= 15 is 0 Å². The Labute approximate surface area is 148 Å². The molecule has 0 unspecified atom stereocenters. The third-order valence-electron chi connectivity index (χ3n) is 4.50. The molecule has 0 radical (unpaired) electrons. The summed E-state index contributed by atoms with van der Waals surface area (Å²) in [5.41, 5.74) is 0. The van der Waals surface area contributed by atoms with Gasteiger partial charge in [-0.2, -0.15) is 4.98 Å². The highest BCUT2D eigenvalue weighted by Gasteiger charge is 2.37. The van der Waals surface area contributed by atoms with E-state index in [0.29, 0.717) is 11.9 Å². The smallest absolute Gasteiger partial charge is 0.404 e. The van der Waals surface area contributed by atoms with Crippen molar-refractivity contribution in [2.75, 3.05) is 13.1 Å². The summed E-state index contributed by atoms with van der Waals surface area (Å²) in [7, 11) is 0. The van der Waals surface area contributed by atoms with E-state index in [4.69, 9.17) is 44.4 Å². The van der Waals surface area contributed by atoms with Crippen molar-refractivity contribution in [2.45, 2.75) is 47.5 Å². The van der Waals surface area contributed by atoms with Gasteiger partial charge in [-0.3, -0.25) is 4.90 Å². The molecule has 0 atom stereocenters. The number of carbonyl (C=O) groups is 1. The zero-order valence-corrected chi connectivity index (χ0v) is 14.5. The van der Waals surface area contributed by atoms with Gasteiger partial charge in [0.1, 0.15) is 0 Å². The first-order chi connectivity index (χ1) is 10.8. The van der Waals surface area contributed by atoms with Gasteiger partial charge in [-0.05, 0) is 25.7 Å². The van der Waals surface area contributed by atoms with Gasteiger partial charge < -0.3 is 14.9 Å². The van der Waals surface area contributed by atoms with E-state index in [-0.39, 0.29) is 17.9 Å². The van der Waals surface area contributed by atoms with Crippen molar-refractivity contribution in [1.82, 2.24) is 20.4 Å². The summed E-state index contributed by atoms with van der Waals surface area (Å²) in [4.78, 5) is 17.1. The minimum atomic E-state index is -1.69. The van der Waals surface area contributed by atoms with E-state index < -0.39 is 9.89 Å². The summed E-state index contributed by atoms with van der Waals surface area (Å²) in [6.07, 6.45) is 2.96. The van der Waals surface area contributed by atoms with E-state index in [0.717, 1.165) is 38.8 Å². The fourth-order valence-corrected chi connectivity index (χ4v) is 3.52. The van der Waals surface area contributed by atoms with Crippen molar-refractivity contribution in [3.8, 4) is 0 Å². The number of aromatic nitrogens is 2. The molecule has 1 saturated carbocycles. The molecule has 3 rings (SSSR count). The number of nitrogens with zero attached hydrogens (tertiary/aromatic N) is 3. The largest absolute Gasteiger partial charge is 0.465 e. The fourth-order valence-electron chi connectivity index (χ4n) is 3.29. The molecule has 2 heterocycles. The molecule has 10 heteroatoms. The topological polar surface area (TPSA) is 91.5 Å². The molecule has 1 aliphatic heterocycles. The van der Waals surface area contributed by atoms with Crippen molar-refractivity contribution < 1.29 is 14.4 Å². The van der Waals surface area contributed by atoms with Crippen molar-refractivity contribution in [1.29, 1.82) is 0 Å². The van der Waals surface area contributed by atoms with Gasteiger partial charge in [0.05, 0.1) is 6.04 Å². The van der Waals surface area contributed by atoms with Crippen LogP contribution >= 0.6 is 34.8 Å². The number of nitrogens with one attached hydrogen (secondary N) is 1. The van der Waals surface area contributed by atoms with Crippen molar-refractivity contribution in [2.24, 2.45) is 0 Å². The number of halogens is 3. The maximum atomic E-state index is 10.6. The van der Waals surface area contributed by atoms with Crippen LogP contribution in [0.25, 0.3) is 0 Å².